The van der Waals surface area contributed by atoms with E-state index >= 15 is 0 Å². The van der Waals surface area contributed by atoms with Crippen LogP contribution in [0.25, 0.3) is 0 Å². The number of H-pyrrole nitrogens is 1. The number of hydrogen-bond donors (Lipinski definition) is 1. The van der Waals surface area contributed by atoms with Crippen molar-refractivity contribution in [1.82, 2.24) is 24.8 Å². The molecule has 7 nitrogen and oxygen atoms in total. The number of anilines is 1. The van der Waals surface area contributed by atoms with Gasteiger partial charge >= 0.3 is 0 Å². The van der Waals surface area contributed by atoms with Crippen LogP contribution in [0.1, 0.15) is 12.6 Å². The number of aromatic amines is 1. The third kappa shape index (κ3) is 4.29. The number of aromatic nitrogens is 4. The van der Waals surface area contributed by atoms with Gasteiger partial charge < -0.3 is 9.80 Å². The first-order valence-electron chi connectivity index (χ1n) is 7.72. The van der Waals surface area contributed by atoms with E-state index in [1.165, 1.54) is 11.8 Å². The molecule has 0 unspecified atom stereocenters. The molecule has 0 aromatic carbocycles. The van der Waals surface area contributed by atoms with E-state index < -0.39 is 0 Å². The van der Waals surface area contributed by atoms with E-state index in [0.717, 1.165) is 38.4 Å². The number of nitrogens with zero attached hydrogens (tertiary/aromatic N) is 5. The molecule has 0 bridgehead atoms. The highest BCUT2D eigenvalue weighted by Gasteiger charge is 2.18. The first-order chi connectivity index (χ1) is 11.2. The summed E-state index contributed by atoms with van der Waals surface area (Å²) in [5, 5.41) is 0.688. The third-order valence-electron chi connectivity index (χ3n) is 3.79. The molecule has 1 N–H and O–H groups in total. The maximum Gasteiger partial charge on any atom is 0.252 e. The second-order valence-electron chi connectivity index (χ2n) is 5.30. The lowest BCUT2D eigenvalue weighted by atomic mass is 10.3. The molecule has 3 heterocycles. The van der Waals surface area contributed by atoms with E-state index in [9.17, 15) is 4.79 Å². The maximum absolute atomic E-state index is 11.9. The monoisotopic (exact) mass is 332 g/mol. The summed E-state index contributed by atoms with van der Waals surface area (Å²) in [5.41, 5.74) is 0.636. The van der Waals surface area contributed by atoms with Gasteiger partial charge in [0.25, 0.3) is 5.56 Å². The summed E-state index contributed by atoms with van der Waals surface area (Å²) in [6, 6.07) is 3.32. The molecule has 0 amide bonds. The van der Waals surface area contributed by atoms with E-state index in [1.807, 2.05) is 0 Å². The third-order valence-corrected chi connectivity index (χ3v) is 4.70. The topological polar surface area (TPSA) is 78.0 Å². The first-order valence-corrected chi connectivity index (χ1v) is 8.70. The van der Waals surface area contributed by atoms with Crippen molar-refractivity contribution in [2.75, 3.05) is 37.6 Å². The standard InChI is InChI=1S/C15H20N6OS/c1-2-20-6-8-21(9-7-20)14-18-12(10-13(22)19-14)11-23-15-16-4-3-5-17-15/h3-5,10H,2,6-9,11H2,1H3,(H,18,19,22). The molecule has 2 aromatic rings. The van der Waals surface area contributed by atoms with Crippen molar-refractivity contribution in [2.45, 2.75) is 17.8 Å². The van der Waals surface area contributed by atoms with Crippen molar-refractivity contribution < 1.29 is 0 Å². The minimum absolute atomic E-state index is 0.113. The lowest BCUT2D eigenvalue weighted by Gasteiger charge is -2.34. The van der Waals surface area contributed by atoms with Crippen LogP contribution in [0.15, 0.2) is 34.5 Å². The lowest BCUT2D eigenvalue weighted by molar-refractivity contribution is 0.270. The molecule has 0 atom stereocenters. The molecule has 1 aliphatic heterocycles. The van der Waals surface area contributed by atoms with Gasteiger partial charge in [0.2, 0.25) is 5.95 Å². The number of likely N-dealkylation sites (N-methyl/N-ethyl adjacent to an activating group) is 1. The fourth-order valence-electron chi connectivity index (χ4n) is 2.49. The molecule has 1 saturated heterocycles. The quantitative estimate of drug-likeness (QED) is 0.646. The number of nitrogens with one attached hydrogen (secondary N) is 1. The summed E-state index contributed by atoms with van der Waals surface area (Å²) in [7, 11) is 0. The number of hydrogen-bond acceptors (Lipinski definition) is 7. The Morgan fingerprint density at radius 1 is 1.22 bits per heavy atom. The van der Waals surface area contributed by atoms with Crippen molar-refractivity contribution in [3.63, 3.8) is 0 Å². The van der Waals surface area contributed by atoms with Crippen LogP contribution in [0.2, 0.25) is 0 Å². The zero-order valence-corrected chi connectivity index (χ0v) is 13.9. The fourth-order valence-corrected chi connectivity index (χ4v) is 3.19. The van der Waals surface area contributed by atoms with E-state index in [4.69, 9.17) is 0 Å². The van der Waals surface area contributed by atoms with Crippen molar-refractivity contribution in [2.24, 2.45) is 0 Å². The molecule has 0 radical (unpaired) electrons. The van der Waals surface area contributed by atoms with Crippen molar-refractivity contribution in [1.29, 1.82) is 0 Å². The second kappa shape index (κ2) is 7.56. The Balaban J connectivity index is 1.68. The molecule has 3 rings (SSSR count). The molecule has 1 fully saturated rings. The average Bonchev–Trinajstić information content (AvgIpc) is 2.60. The summed E-state index contributed by atoms with van der Waals surface area (Å²) in [5.74, 6) is 1.24. The van der Waals surface area contributed by atoms with Gasteiger partial charge in [-0.3, -0.25) is 9.78 Å². The van der Waals surface area contributed by atoms with E-state index in [-0.39, 0.29) is 5.56 Å². The Morgan fingerprint density at radius 3 is 2.65 bits per heavy atom. The summed E-state index contributed by atoms with van der Waals surface area (Å²) in [6.07, 6.45) is 3.42. The van der Waals surface area contributed by atoms with Gasteiger partial charge in [-0.25, -0.2) is 15.0 Å². The molecule has 122 valence electrons. The number of rotatable bonds is 5. The van der Waals surface area contributed by atoms with Crippen molar-refractivity contribution in [3.8, 4) is 0 Å². The first kappa shape index (κ1) is 15.9. The summed E-state index contributed by atoms with van der Waals surface area (Å²) < 4.78 is 0. The molecule has 1 aliphatic rings. The van der Waals surface area contributed by atoms with Crippen LogP contribution in [-0.4, -0.2) is 57.6 Å². The highest BCUT2D eigenvalue weighted by Crippen LogP contribution is 2.18. The van der Waals surface area contributed by atoms with Gasteiger partial charge in [-0.05, 0) is 12.6 Å². The van der Waals surface area contributed by atoms with Crippen LogP contribution in [0.5, 0.6) is 0 Å². The molecule has 0 saturated carbocycles. The van der Waals surface area contributed by atoms with Gasteiger partial charge in [-0.2, -0.15) is 0 Å². The Kier molecular flexibility index (Phi) is 5.24. The minimum Gasteiger partial charge on any atom is -0.340 e. The van der Waals surface area contributed by atoms with E-state index in [2.05, 4.69) is 36.7 Å². The maximum atomic E-state index is 11.9. The van der Waals surface area contributed by atoms with Crippen molar-refractivity contribution in [3.05, 3.63) is 40.6 Å². The summed E-state index contributed by atoms with van der Waals surface area (Å²) >= 11 is 1.48. The van der Waals surface area contributed by atoms with Gasteiger partial charge in [0, 0.05) is 50.4 Å². The Morgan fingerprint density at radius 2 is 1.96 bits per heavy atom. The van der Waals surface area contributed by atoms with Gasteiger partial charge in [-0.15, -0.1) is 0 Å². The smallest absolute Gasteiger partial charge is 0.252 e. The Hall–Kier alpha value is -1.93. The predicted molar refractivity (Wildman–Crippen MR) is 90.8 cm³/mol. The molecule has 0 spiro atoms. The predicted octanol–water partition coefficient (Wildman–Crippen LogP) is 0.994. The Labute approximate surface area is 139 Å². The molecule has 23 heavy (non-hydrogen) atoms. The molecular weight excluding hydrogens is 312 g/mol. The van der Waals surface area contributed by atoms with Crippen LogP contribution in [0, 0.1) is 0 Å². The highest BCUT2D eigenvalue weighted by atomic mass is 32.2. The largest absolute Gasteiger partial charge is 0.340 e. The van der Waals surface area contributed by atoms with Crippen LogP contribution in [0.3, 0.4) is 0 Å². The highest BCUT2D eigenvalue weighted by molar-refractivity contribution is 7.98. The summed E-state index contributed by atoms with van der Waals surface area (Å²) in [6.45, 7) is 6.99. The number of piperazine rings is 1. The molecule has 2 aromatic heterocycles. The Bertz CT molecular complexity index is 684. The zero-order chi connectivity index (χ0) is 16.1. The fraction of sp³-hybridized carbons (Fsp3) is 0.467. The number of thioether (sulfide) groups is 1. The molecule has 8 heteroatoms. The average molecular weight is 332 g/mol. The lowest BCUT2D eigenvalue weighted by Crippen LogP contribution is -2.47. The van der Waals surface area contributed by atoms with Gasteiger partial charge in [-0.1, -0.05) is 18.7 Å². The molecule has 0 aliphatic carbocycles. The zero-order valence-electron chi connectivity index (χ0n) is 13.1. The second-order valence-corrected chi connectivity index (χ2v) is 6.24. The van der Waals surface area contributed by atoms with E-state index in [0.29, 0.717) is 16.9 Å². The SMILES string of the molecule is CCN1CCN(c2nc(CSc3ncccn3)cc(=O)[nH]2)CC1. The minimum atomic E-state index is -0.113. The van der Waals surface area contributed by atoms with Gasteiger partial charge in [0.15, 0.2) is 5.16 Å². The van der Waals surface area contributed by atoms with Gasteiger partial charge in [0.1, 0.15) is 0 Å². The van der Waals surface area contributed by atoms with E-state index in [1.54, 1.807) is 24.5 Å². The van der Waals surface area contributed by atoms with Crippen LogP contribution < -0.4 is 10.5 Å². The molecular formula is C15H20N6OS. The van der Waals surface area contributed by atoms with Crippen LogP contribution in [-0.2, 0) is 5.75 Å². The van der Waals surface area contributed by atoms with Crippen molar-refractivity contribution >= 4 is 17.7 Å². The van der Waals surface area contributed by atoms with Crippen LogP contribution in [0.4, 0.5) is 5.95 Å². The van der Waals surface area contributed by atoms with Crippen LogP contribution >= 0.6 is 11.8 Å². The normalized spacial score (nSPS) is 15.8. The van der Waals surface area contributed by atoms with Gasteiger partial charge in [0.05, 0.1) is 5.69 Å². The summed E-state index contributed by atoms with van der Waals surface area (Å²) in [4.78, 5) is 32.2.